The van der Waals surface area contributed by atoms with Crippen molar-refractivity contribution in [3.05, 3.63) is 0 Å². The lowest BCUT2D eigenvalue weighted by Gasteiger charge is -2.50. The Bertz CT molecular complexity index is 120. The molecule has 0 heterocycles. The first-order chi connectivity index (χ1) is 4.34. The molecule has 1 saturated carbocycles. The van der Waals surface area contributed by atoms with Gasteiger partial charge < -0.3 is 5.11 Å². The van der Waals surface area contributed by atoms with Gasteiger partial charge in [0.2, 0.25) is 0 Å². The fraction of sp³-hybridized carbons (Fsp3) is 1.00. The summed E-state index contributed by atoms with van der Waals surface area (Å²) >= 11 is 0. The zero-order chi connectivity index (χ0) is 7.99. The number of aliphatic hydroxyl groups is 1. The zero-order valence-corrected chi connectivity index (χ0v) is 7.44. The first-order valence-electron chi connectivity index (χ1n) is 4.06. The summed E-state index contributed by atoms with van der Waals surface area (Å²) in [5.74, 6) is 0.500. The molecule has 2 atom stereocenters. The molecular formula is C9H18O. The predicted molar refractivity (Wildman–Crippen MR) is 42.8 cm³/mol. The Labute approximate surface area is 63.4 Å². The normalized spacial score (nSPS) is 41.1. The molecule has 1 aliphatic carbocycles. The van der Waals surface area contributed by atoms with Crippen molar-refractivity contribution < 1.29 is 5.11 Å². The Kier molecular flexibility index (Phi) is 1.59. The van der Waals surface area contributed by atoms with Crippen LogP contribution in [0.1, 0.15) is 40.5 Å². The maximum atomic E-state index is 9.71. The van der Waals surface area contributed by atoms with Crippen LogP contribution >= 0.6 is 0 Å². The molecule has 1 heteroatoms. The second kappa shape index (κ2) is 1.97. The first-order valence-corrected chi connectivity index (χ1v) is 4.06. The van der Waals surface area contributed by atoms with Crippen molar-refractivity contribution in [3.63, 3.8) is 0 Å². The number of hydrogen-bond acceptors (Lipinski definition) is 1. The van der Waals surface area contributed by atoms with Crippen molar-refractivity contribution in [1.29, 1.82) is 0 Å². The summed E-state index contributed by atoms with van der Waals surface area (Å²) < 4.78 is 0. The molecular weight excluding hydrogens is 124 g/mol. The van der Waals surface area contributed by atoms with Gasteiger partial charge in [0.25, 0.3) is 0 Å². The van der Waals surface area contributed by atoms with Gasteiger partial charge in [0.1, 0.15) is 0 Å². The van der Waals surface area contributed by atoms with E-state index in [0.717, 1.165) is 6.42 Å². The summed E-state index contributed by atoms with van der Waals surface area (Å²) in [7, 11) is 0. The van der Waals surface area contributed by atoms with Gasteiger partial charge in [-0.15, -0.1) is 0 Å². The molecule has 10 heavy (non-hydrogen) atoms. The molecule has 0 aliphatic heterocycles. The molecule has 0 aromatic carbocycles. The summed E-state index contributed by atoms with van der Waals surface area (Å²) in [6, 6.07) is 0. The Morgan fingerprint density at radius 1 is 1.40 bits per heavy atom. The van der Waals surface area contributed by atoms with Gasteiger partial charge in [0.15, 0.2) is 0 Å². The molecule has 0 bridgehead atoms. The van der Waals surface area contributed by atoms with Crippen molar-refractivity contribution in [2.45, 2.75) is 46.1 Å². The molecule has 0 amide bonds. The third kappa shape index (κ3) is 1.20. The molecule has 1 rings (SSSR count). The van der Waals surface area contributed by atoms with E-state index in [2.05, 4.69) is 20.8 Å². The molecule has 0 radical (unpaired) electrons. The minimum Gasteiger partial charge on any atom is -0.390 e. The van der Waals surface area contributed by atoms with Crippen molar-refractivity contribution >= 4 is 0 Å². The minimum absolute atomic E-state index is 0.280. The lowest BCUT2D eigenvalue weighted by atomic mass is 9.59. The fourth-order valence-corrected chi connectivity index (χ4v) is 2.07. The third-order valence-electron chi connectivity index (χ3n) is 2.74. The lowest BCUT2D eigenvalue weighted by molar-refractivity contribution is -0.122. The van der Waals surface area contributed by atoms with Crippen molar-refractivity contribution in [3.8, 4) is 0 Å². The molecule has 1 N–H and O–H groups in total. The van der Waals surface area contributed by atoms with Crippen LogP contribution in [-0.4, -0.2) is 10.7 Å². The Balaban J connectivity index is 2.60. The number of hydrogen-bond donors (Lipinski definition) is 1. The van der Waals surface area contributed by atoms with E-state index in [1.807, 2.05) is 6.92 Å². The predicted octanol–water partition coefficient (Wildman–Crippen LogP) is 2.19. The van der Waals surface area contributed by atoms with Crippen LogP contribution in [0.2, 0.25) is 0 Å². The molecule has 0 spiro atoms. The Morgan fingerprint density at radius 2 is 1.90 bits per heavy atom. The average molecular weight is 142 g/mol. The van der Waals surface area contributed by atoms with Crippen LogP contribution < -0.4 is 0 Å². The maximum absolute atomic E-state index is 9.71. The van der Waals surface area contributed by atoms with Gasteiger partial charge in [0.05, 0.1) is 5.60 Å². The van der Waals surface area contributed by atoms with Crippen LogP contribution in [0.15, 0.2) is 0 Å². The molecule has 60 valence electrons. The van der Waals surface area contributed by atoms with Gasteiger partial charge in [-0.05, 0) is 31.1 Å². The molecule has 1 aliphatic rings. The van der Waals surface area contributed by atoms with E-state index in [1.54, 1.807) is 0 Å². The van der Waals surface area contributed by atoms with Crippen LogP contribution in [0.3, 0.4) is 0 Å². The van der Waals surface area contributed by atoms with Crippen molar-refractivity contribution in [2.75, 3.05) is 0 Å². The summed E-state index contributed by atoms with van der Waals surface area (Å²) in [5.41, 5.74) is -0.0972. The topological polar surface area (TPSA) is 20.2 Å². The van der Waals surface area contributed by atoms with Gasteiger partial charge in [0, 0.05) is 0 Å². The van der Waals surface area contributed by atoms with Crippen molar-refractivity contribution in [2.24, 2.45) is 11.3 Å². The van der Waals surface area contributed by atoms with Gasteiger partial charge in [-0.1, -0.05) is 20.8 Å². The van der Waals surface area contributed by atoms with Gasteiger partial charge in [-0.3, -0.25) is 0 Å². The standard InChI is InChI=1S/C9H18O/c1-8(2,3)7-5-6-9(7,4)10/h7,10H,5-6H2,1-4H3. The van der Waals surface area contributed by atoms with Gasteiger partial charge in [-0.2, -0.15) is 0 Å². The van der Waals surface area contributed by atoms with Crippen LogP contribution in [0, 0.1) is 11.3 Å². The quantitative estimate of drug-likeness (QED) is 0.549. The van der Waals surface area contributed by atoms with Crippen LogP contribution in [-0.2, 0) is 0 Å². The molecule has 1 fully saturated rings. The monoisotopic (exact) mass is 142 g/mol. The van der Waals surface area contributed by atoms with E-state index < -0.39 is 0 Å². The van der Waals surface area contributed by atoms with Gasteiger partial charge in [-0.25, -0.2) is 0 Å². The summed E-state index contributed by atoms with van der Waals surface area (Å²) in [5, 5.41) is 9.71. The SMILES string of the molecule is CC(C)(C)C1CCC1(C)O. The molecule has 1 nitrogen and oxygen atoms in total. The van der Waals surface area contributed by atoms with E-state index >= 15 is 0 Å². The molecule has 2 unspecified atom stereocenters. The summed E-state index contributed by atoms with van der Waals surface area (Å²) in [6.07, 6.45) is 2.17. The minimum atomic E-state index is -0.377. The second-order valence-electron chi connectivity index (χ2n) is 4.81. The summed E-state index contributed by atoms with van der Waals surface area (Å²) in [6.45, 7) is 8.55. The van der Waals surface area contributed by atoms with E-state index in [9.17, 15) is 5.11 Å². The highest BCUT2D eigenvalue weighted by Gasteiger charge is 2.46. The Morgan fingerprint density at radius 3 is 1.90 bits per heavy atom. The van der Waals surface area contributed by atoms with Gasteiger partial charge >= 0.3 is 0 Å². The van der Waals surface area contributed by atoms with E-state index in [4.69, 9.17) is 0 Å². The third-order valence-corrected chi connectivity index (χ3v) is 2.74. The molecule has 0 aromatic rings. The second-order valence-corrected chi connectivity index (χ2v) is 4.81. The summed E-state index contributed by atoms with van der Waals surface area (Å²) in [4.78, 5) is 0. The van der Waals surface area contributed by atoms with E-state index in [-0.39, 0.29) is 11.0 Å². The number of rotatable bonds is 0. The Hall–Kier alpha value is -0.0400. The highest BCUT2D eigenvalue weighted by Crippen LogP contribution is 2.48. The first kappa shape index (κ1) is 8.06. The average Bonchev–Trinajstić information content (AvgIpc) is 1.58. The zero-order valence-electron chi connectivity index (χ0n) is 7.44. The van der Waals surface area contributed by atoms with E-state index in [0.29, 0.717) is 5.92 Å². The lowest BCUT2D eigenvalue weighted by Crippen LogP contribution is -2.50. The van der Waals surface area contributed by atoms with Crippen LogP contribution in [0.5, 0.6) is 0 Å². The van der Waals surface area contributed by atoms with Crippen LogP contribution in [0.4, 0.5) is 0 Å². The molecule has 0 aromatic heterocycles. The largest absolute Gasteiger partial charge is 0.390 e. The highest BCUT2D eigenvalue weighted by atomic mass is 16.3. The fourth-order valence-electron chi connectivity index (χ4n) is 2.07. The van der Waals surface area contributed by atoms with Crippen molar-refractivity contribution in [1.82, 2.24) is 0 Å². The van der Waals surface area contributed by atoms with Crippen LogP contribution in [0.25, 0.3) is 0 Å². The smallest absolute Gasteiger partial charge is 0.0652 e. The maximum Gasteiger partial charge on any atom is 0.0652 e. The highest BCUT2D eigenvalue weighted by molar-refractivity contribution is 4.97. The molecule has 0 saturated heterocycles. The van der Waals surface area contributed by atoms with E-state index in [1.165, 1.54) is 6.42 Å².